The number of benzene rings is 2. The van der Waals surface area contributed by atoms with E-state index in [1.165, 1.54) is 16.7 Å². The number of ether oxygens (including phenoxy) is 2. The molecule has 1 atom stereocenters. The molecule has 4 nitrogen and oxygen atoms in total. The Morgan fingerprint density at radius 3 is 2.33 bits per heavy atom. The number of Topliss-reactive ketones (excluding diaryl/α,β-unsaturated/α-hetero) is 1. The SMILES string of the molecule is COc1cc2c(cc1OC)C(=O)C(Cc1cc[n+](Cc3cccc(C)c3)cc1)C2.[Br-]. The van der Waals surface area contributed by atoms with Gasteiger partial charge in [-0.1, -0.05) is 23.8 Å². The predicted octanol–water partition coefficient (Wildman–Crippen LogP) is 0.950. The van der Waals surface area contributed by atoms with E-state index in [1.54, 1.807) is 14.2 Å². The number of hydrogen-bond acceptors (Lipinski definition) is 3. The van der Waals surface area contributed by atoms with Crippen LogP contribution in [0.1, 0.15) is 32.6 Å². The van der Waals surface area contributed by atoms with Crippen LogP contribution < -0.4 is 31.0 Å². The van der Waals surface area contributed by atoms with Crippen LogP contribution in [-0.2, 0) is 19.4 Å². The molecule has 0 saturated heterocycles. The Hall–Kier alpha value is -2.66. The first-order valence-corrected chi connectivity index (χ1v) is 9.90. The number of nitrogens with zero attached hydrogens (tertiary/aromatic N) is 1. The minimum Gasteiger partial charge on any atom is -1.00 e. The van der Waals surface area contributed by atoms with Gasteiger partial charge >= 0.3 is 0 Å². The molecule has 1 unspecified atom stereocenters. The second-order valence-electron chi connectivity index (χ2n) is 7.70. The molecular weight excluding hydrogens is 442 g/mol. The zero-order chi connectivity index (χ0) is 20.4. The molecule has 0 bridgehead atoms. The van der Waals surface area contributed by atoms with E-state index in [1.807, 2.05) is 12.1 Å². The Morgan fingerprint density at radius 1 is 0.967 bits per heavy atom. The average molecular weight is 468 g/mol. The molecular formula is C25H26BrNO3. The van der Waals surface area contributed by atoms with Gasteiger partial charge in [-0.25, -0.2) is 4.57 Å². The van der Waals surface area contributed by atoms with E-state index in [4.69, 9.17) is 9.47 Å². The number of methoxy groups -OCH3 is 2. The maximum absolute atomic E-state index is 12.9. The molecule has 5 heteroatoms. The third-order valence-electron chi connectivity index (χ3n) is 5.60. The van der Waals surface area contributed by atoms with Crippen molar-refractivity contribution in [2.45, 2.75) is 26.3 Å². The van der Waals surface area contributed by atoms with E-state index in [0.29, 0.717) is 11.5 Å². The standard InChI is InChI=1S/C25H26NO3.BrH/c1-17-5-4-6-19(11-17)16-26-9-7-18(8-10-26)12-21-13-20-14-23(28-2)24(29-3)15-22(20)25(21)27;/h4-11,14-15,21H,12-13,16H2,1-3H3;1H/q+1;/p-1. The van der Waals surface area contributed by atoms with Crippen molar-refractivity contribution >= 4 is 5.78 Å². The Balaban J connectivity index is 0.00000256. The lowest BCUT2D eigenvalue weighted by Crippen LogP contribution is -3.00. The van der Waals surface area contributed by atoms with Crippen LogP contribution in [0.15, 0.2) is 60.9 Å². The highest BCUT2D eigenvalue weighted by Crippen LogP contribution is 2.37. The van der Waals surface area contributed by atoms with Crippen molar-refractivity contribution in [1.82, 2.24) is 0 Å². The van der Waals surface area contributed by atoms with Gasteiger partial charge in [-0.05, 0) is 49.1 Å². The zero-order valence-corrected chi connectivity index (χ0v) is 19.1. The van der Waals surface area contributed by atoms with Gasteiger partial charge in [-0.2, -0.15) is 0 Å². The molecule has 1 aliphatic rings. The van der Waals surface area contributed by atoms with Gasteiger partial charge in [0.2, 0.25) is 0 Å². The van der Waals surface area contributed by atoms with Crippen LogP contribution in [0.5, 0.6) is 11.5 Å². The van der Waals surface area contributed by atoms with Gasteiger partial charge in [0.15, 0.2) is 36.2 Å². The maximum Gasteiger partial charge on any atom is 0.173 e. The third kappa shape index (κ3) is 4.57. The van der Waals surface area contributed by atoms with Crippen molar-refractivity contribution in [3.63, 3.8) is 0 Å². The van der Waals surface area contributed by atoms with Crippen LogP contribution in [0.2, 0.25) is 0 Å². The number of carbonyl (C=O) groups excluding carboxylic acids is 1. The van der Waals surface area contributed by atoms with E-state index >= 15 is 0 Å². The molecule has 0 N–H and O–H groups in total. The molecule has 0 saturated carbocycles. The molecule has 0 radical (unpaired) electrons. The minimum atomic E-state index is -0.0329. The van der Waals surface area contributed by atoms with Crippen LogP contribution in [0.3, 0.4) is 0 Å². The summed E-state index contributed by atoms with van der Waals surface area (Å²) in [6, 6.07) is 16.5. The fourth-order valence-corrected chi connectivity index (χ4v) is 4.10. The summed E-state index contributed by atoms with van der Waals surface area (Å²) in [5, 5.41) is 0. The fraction of sp³-hybridized carbons (Fsp3) is 0.280. The second kappa shape index (κ2) is 9.43. The number of fused-ring (bicyclic) bond motifs is 1. The summed E-state index contributed by atoms with van der Waals surface area (Å²) in [6.07, 6.45) is 5.67. The van der Waals surface area contributed by atoms with Crippen LogP contribution in [0.4, 0.5) is 0 Å². The Labute approximate surface area is 188 Å². The lowest BCUT2D eigenvalue weighted by Gasteiger charge is -2.09. The summed E-state index contributed by atoms with van der Waals surface area (Å²) in [6.45, 7) is 2.95. The summed E-state index contributed by atoms with van der Waals surface area (Å²) < 4.78 is 12.9. The van der Waals surface area contributed by atoms with Crippen LogP contribution >= 0.6 is 0 Å². The summed E-state index contributed by atoms with van der Waals surface area (Å²) in [5.41, 5.74) is 5.54. The molecule has 0 fully saturated rings. The Kier molecular flexibility index (Phi) is 6.93. The van der Waals surface area contributed by atoms with E-state index in [9.17, 15) is 4.79 Å². The van der Waals surface area contributed by atoms with Gasteiger partial charge in [0, 0.05) is 29.2 Å². The molecule has 4 rings (SSSR count). The van der Waals surface area contributed by atoms with Gasteiger partial charge in [-0.15, -0.1) is 0 Å². The lowest BCUT2D eigenvalue weighted by atomic mass is 9.96. The summed E-state index contributed by atoms with van der Waals surface area (Å²) >= 11 is 0. The molecule has 0 amide bonds. The molecule has 30 heavy (non-hydrogen) atoms. The average Bonchev–Trinajstić information content (AvgIpc) is 3.03. The highest BCUT2D eigenvalue weighted by molar-refractivity contribution is 6.03. The highest BCUT2D eigenvalue weighted by Gasteiger charge is 2.32. The van der Waals surface area contributed by atoms with E-state index in [0.717, 1.165) is 30.5 Å². The zero-order valence-electron chi connectivity index (χ0n) is 17.5. The Bertz CT molecular complexity index is 1050. The molecule has 0 aliphatic heterocycles. The number of aryl methyl sites for hydroxylation is 1. The van der Waals surface area contributed by atoms with Crippen molar-refractivity contribution in [1.29, 1.82) is 0 Å². The van der Waals surface area contributed by atoms with Gasteiger partial charge in [0.05, 0.1) is 14.2 Å². The van der Waals surface area contributed by atoms with Crippen molar-refractivity contribution in [3.8, 4) is 11.5 Å². The molecule has 156 valence electrons. The minimum absolute atomic E-state index is 0. The smallest absolute Gasteiger partial charge is 0.173 e. The number of aromatic nitrogens is 1. The number of rotatable bonds is 6. The molecule has 1 heterocycles. The van der Waals surface area contributed by atoms with Crippen LogP contribution in [0, 0.1) is 12.8 Å². The quantitative estimate of drug-likeness (QED) is 0.506. The monoisotopic (exact) mass is 467 g/mol. The topological polar surface area (TPSA) is 39.4 Å². The van der Waals surface area contributed by atoms with Gasteiger partial charge in [0.25, 0.3) is 0 Å². The summed E-state index contributed by atoms with van der Waals surface area (Å²) in [5.74, 6) is 1.45. The van der Waals surface area contributed by atoms with E-state index in [-0.39, 0.29) is 28.7 Å². The highest BCUT2D eigenvalue weighted by atomic mass is 79.9. The number of pyridine rings is 1. The van der Waals surface area contributed by atoms with E-state index < -0.39 is 0 Å². The van der Waals surface area contributed by atoms with Crippen LogP contribution in [-0.4, -0.2) is 20.0 Å². The summed E-state index contributed by atoms with van der Waals surface area (Å²) in [4.78, 5) is 12.9. The van der Waals surface area contributed by atoms with Crippen molar-refractivity contribution < 1.29 is 35.8 Å². The number of halogens is 1. The van der Waals surface area contributed by atoms with Crippen LogP contribution in [0.25, 0.3) is 0 Å². The van der Waals surface area contributed by atoms with Crippen molar-refractivity contribution in [2.24, 2.45) is 5.92 Å². The number of hydrogen-bond donors (Lipinski definition) is 0. The molecule has 2 aromatic carbocycles. The third-order valence-corrected chi connectivity index (χ3v) is 5.60. The summed E-state index contributed by atoms with van der Waals surface area (Å²) in [7, 11) is 3.21. The first kappa shape index (κ1) is 22.0. The first-order valence-electron chi connectivity index (χ1n) is 9.90. The largest absolute Gasteiger partial charge is 1.00 e. The van der Waals surface area contributed by atoms with Gasteiger partial charge < -0.3 is 26.5 Å². The normalized spacial score (nSPS) is 14.8. The predicted molar refractivity (Wildman–Crippen MR) is 112 cm³/mol. The van der Waals surface area contributed by atoms with Gasteiger partial charge in [-0.3, -0.25) is 4.79 Å². The Morgan fingerprint density at radius 2 is 1.67 bits per heavy atom. The van der Waals surface area contributed by atoms with E-state index in [2.05, 4.69) is 60.3 Å². The fourth-order valence-electron chi connectivity index (χ4n) is 4.10. The maximum atomic E-state index is 12.9. The second-order valence-corrected chi connectivity index (χ2v) is 7.70. The van der Waals surface area contributed by atoms with Crippen molar-refractivity contribution in [2.75, 3.05) is 14.2 Å². The molecule has 3 aromatic rings. The number of carbonyl (C=O) groups is 1. The molecule has 1 aliphatic carbocycles. The molecule has 1 aromatic heterocycles. The molecule has 0 spiro atoms. The first-order chi connectivity index (χ1) is 14.1. The van der Waals surface area contributed by atoms with Gasteiger partial charge in [0.1, 0.15) is 0 Å². The van der Waals surface area contributed by atoms with Crippen molar-refractivity contribution in [3.05, 3.63) is 88.7 Å². The number of ketones is 1. The lowest BCUT2D eigenvalue weighted by molar-refractivity contribution is -0.688.